The zero-order valence-electron chi connectivity index (χ0n) is 27.1. The van der Waals surface area contributed by atoms with Crippen LogP contribution >= 0.6 is 0 Å². The molecule has 7 aromatic carbocycles. The Balaban J connectivity index is 1.24. The molecule has 2 aliphatic rings. The van der Waals surface area contributed by atoms with Gasteiger partial charge in [-0.2, -0.15) is 0 Å². The normalized spacial score (nSPS) is 15.3. The minimum absolute atomic E-state index is 0.514. The van der Waals surface area contributed by atoms with Crippen molar-refractivity contribution in [2.75, 3.05) is 0 Å². The first-order chi connectivity index (χ1) is 24.8. The molecule has 9 aromatic rings. The molecule has 0 saturated heterocycles. The Morgan fingerprint density at radius 3 is 1.86 bits per heavy atom. The molecule has 2 aromatic heterocycles. The second-order valence-electron chi connectivity index (χ2n) is 13.3. The van der Waals surface area contributed by atoms with Gasteiger partial charge in [0.2, 0.25) is 0 Å². The molecule has 1 unspecified atom stereocenters. The van der Waals surface area contributed by atoms with Crippen molar-refractivity contribution in [3.8, 4) is 50.7 Å². The molecular weight excluding hydrogens is 607 g/mol. The zero-order valence-corrected chi connectivity index (χ0v) is 27.1. The number of rotatable bonds is 3. The molecule has 0 fully saturated rings. The summed E-state index contributed by atoms with van der Waals surface area (Å²) in [6.07, 6.45) is 0. The van der Waals surface area contributed by atoms with Crippen LogP contribution in [0, 0.1) is 0 Å². The number of fused-ring (bicyclic) bond motifs is 12. The number of nitrogens with zero attached hydrogens (tertiary/aromatic N) is 3. The van der Waals surface area contributed by atoms with Crippen molar-refractivity contribution >= 4 is 21.8 Å². The van der Waals surface area contributed by atoms with Crippen LogP contribution in [0.25, 0.3) is 72.5 Å². The van der Waals surface area contributed by atoms with Crippen molar-refractivity contribution in [3.63, 3.8) is 0 Å². The average molecular weight is 636 g/mol. The Labute approximate surface area is 289 Å². The predicted molar refractivity (Wildman–Crippen MR) is 204 cm³/mol. The van der Waals surface area contributed by atoms with E-state index in [-0.39, 0.29) is 0 Å². The van der Waals surface area contributed by atoms with Crippen LogP contribution in [0.5, 0.6) is 0 Å². The topological polar surface area (TPSA) is 30.7 Å². The maximum Gasteiger partial charge on any atom is 0.160 e. The summed E-state index contributed by atoms with van der Waals surface area (Å²) >= 11 is 0. The maximum atomic E-state index is 5.24. The van der Waals surface area contributed by atoms with Crippen LogP contribution in [0.3, 0.4) is 0 Å². The van der Waals surface area contributed by atoms with Crippen LogP contribution < -0.4 is 0 Å². The van der Waals surface area contributed by atoms with E-state index in [2.05, 4.69) is 156 Å². The van der Waals surface area contributed by atoms with Gasteiger partial charge in [-0.3, -0.25) is 0 Å². The van der Waals surface area contributed by atoms with Crippen LogP contribution in [0.2, 0.25) is 0 Å². The first-order valence-corrected chi connectivity index (χ1v) is 17.2. The van der Waals surface area contributed by atoms with Gasteiger partial charge in [-0.05, 0) is 57.6 Å². The molecular formula is C47H29N3. The molecule has 0 bridgehead atoms. The third kappa shape index (κ3) is 3.58. The molecule has 1 spiro atoms. The molecule has 0 amide bonds. The number of hydrogen-bond acceptors (Lipinski definition) is 2. The molecule has 0 N–H and O–H groups in total. The third-order valence-corrected chi connectivity index (χ3v) is 10.8. The first kappa shape index (κ1) is 27.4. The highest BCUT2D eigenvalue weighted by Gasteiger charge is 2.50. The van der Waals surface area contributed by atoms with E-state index in [1.54, 1.807) is 0 Å². The van der Waals surface area contributed by atoms with Crippen molar-refractivity contribution in [1.82, 2.24) is 14.5 Å². The summed E-state index contributed by atoms with van der Waals surface area (Å²) in [5.41, 5.74) is 15.9. The Morgan fingerprint density at radius 1 is 0.400 bits per heavy atom. The van der Waals surface area contributed by atoms with E-state index in [0.29, 0.717) is 0 Å². The van der Waals surface area contributed by atoms with Crippen LogP contribution in [-0.2, 0) is 5.41 Å². The summed E-state index contributed by atoms with van der Waals surface area (Å²) in [7, 11) is 0. The van der Waals surface area contributed by atoms with Gasteiger partial charge in [-0.25, -0.2) is 9.97 Å². The molecule has 11 rings (SSSR count). The second kappa shape index (κ2) is 10.2. The maximum absolute atomic E-state index is 5.24. The van der Waals surface area contributed by atoms with E-state index >= 15 is 0 Å². The van der Waals surface area contributed by atoms with E-state index in [9.17, 15) is 0 Å². The summed E-state index contributed by atoms with van der Waals surface area (Å²) in [4.78, 5) is 10.3. The molecule has 3 heteroatoms. The van der Waals surface area contributed by atoms with Crippen molar-refractivity contribution in [2.45, 2.75) is 5.41 Å². The number of aromatic nitrogens is 3. The second-order valence-corrected chi connectivity index (χ2v) is 13.3. The molecule has 1 aliphatic heterocycles. The monoisotopic (exact) mass is 635 g/mol. The molecule has 3 heterocycles. The molecule has 1 atom stereocenters. The van der Waals surface area contributed by atoms with E-state index in [0.717, 1.165) is 33.9 Å². The lowest BCUT2D eigenvalue weighted by Crippen LogP contribution is -2.33. The van der Waals surface area contributed by atoms with Crippen molar-refractivity contribution in [2.24, 2.45) is 0 Å². The lowest BCUT2D eigenvalue weighted by molar-refractivity contribution is 0.748. The van der Waals surface area contributed by atoms with E-state index < -0.39 is 5.41 Å². The van der Waals surface area contributed by atoms with Gasteiger partial charge in [0.15, 0.2) is 5.82 Å². The van der Waals surface area contributed by atoms with Gasteiger partial charge in [0.1, 0.15) is 0 Å². The molecule has 50 heavy (non-hydrogen) atoms. The van der Waals surface area contributed by atoms with Crippen LogP contribution in [0.1, 0.15) is 22.3 Å². The number of para-hydroxylation sites is 3. The summed E-state index contributed by atoms with van der Waals surface area (Å²) in [5.74, 6) is 0.720. The lowest BCUT2D eigenvalue weighted by Gasteiger charge is -2.39. The molecule has 3 nitrogen and oxygen atoms in total. The summed E-state index contributed by atoms with van der Waals surface area (Å²) in [6, 6.07) is 63.6. The van der Waals surface area contributed by atoms with Gasteiger partial charge in [-0.15, -0.1) is 0 Å². The fourth-order valence-corrected chi connectivity index (χ4v) is 8.79. The van der Waals surface area contributed by atoms with Gasteiger partial charge in [0.25, 0.3) is 0 Å². The van der Waals surface area contributed by atoms with E-state index in [1.165, 1.54) is 60.9 Å². The Hall–Kier alpha value is -6.58. The number of hydrogen-bond donors (Lipinski definition) is 0. The van der Waals surface area contributed by atoms with Crippen LogP contribution in [-0.4, -0.2) is 14.5 Å². The molecule has 0 saturated carbocycles. The first-order valence-electron chi connectivity index (χ1n) is 17.2. The summed E-state index contributed by atoms with van der Waals surface area (Å²) in [6.45, 7) is 0. The smallest absolute Gasteiger partial charge is 0.160 e. The minimum Gasteiger partial charge on any atom is -0.309 e. The molecule has 232 valence electrons. The van der Waals surface area contributed by atoms with Crippen molar-refractivity contribution < 1.29 is 0 Å². The average Bonchev–Trinajstić information content (AvgIpc) is 3.69. The van der Waals surface area contributed by atoms with Crippen molar-refractivity contribution in [1.29, 1.82) is 0 Å². The Kier molecular flexibility index (Phi) is 5.59. The Bertz CT molecular complexity index is 2760. The highest BCUT2D eigenvalue weighted by molar-refractivity contribution is 6.12. The van der Waals surface area contributed by atoms with Crippen molar-refractivity contribution in [3.05, 3.63) is 198 Å². The zero-order chi connectivity index (χ0) is 32.8. The SMILES string of the molecule is c1ccc(-c2cc(-c3ccc4c(c3)C3(c5ccccc5-4)c4ccccc4-n4c5ccccc5c5cccc3c54)nc(-c3ccccc3)n2)cc1. The van der Waals surface area contributed by atoms with Crippen LogP contribution in [0.15, 0.2) is 176 Å². The lowest BCUT2D eigenvalue weighted by atomic mass is 9.65. The summed E-state index contributed by atoms with van der Waals surface area (Å²) < 4.78 is 2.49. The highest BCUT2D eigenvalue weighted by Crippen LogP contribution is 2.61. The fraction of sp³-hybridized carbons (Fsp3) is 0.0213. The van der Waals surface area contributed by atoms with Gasteiger partial charge in [0.05, 0.1) is 33.5 Å². The fourth-order valence-electron chi connectivity index (χ4n) is 8.79. The van der Waals surface area contributed by atoms with Gasteiger partial charge in [-0.1, -0.05) is 152 Å². The molecule has 0 radical (unpaired) electrons. The predicted octanol–water partition coefficient (Wildman–Crippen LogP) is 11.3. The van der Waals surface area contributed by atoms with Gasteiger partial charge >= 0.3 is 0 Å². The standard InChI is InChI=1S/C47H29N3/c1-3-14-30(15-4-1)41-29-42(49-46(48-41)31-16-5-2-6-17-31)32-26-27-34-33-18-7-9-21-37(33)47(40(34)28-32)38-22-10-12-25-44(38)50-43-24-11-8-19-35(43)36-20-13-23-39(47)45(36)50/h1-29H. The largest absolute Gasteiger partial charge is 0.309 e. The Morgan fingerprint density at radius 2 is 1.02 bits per heavy atom. The third-order valence-electron chi connectivity index (χ3n) is 10.8. The highest BCUT2D eigenvalue weighted by atomic mass is 15.0. The quantitative estimate of drug-likeness (QED) is 0.193. The number of benzene rings is 7. The van der Waals surface area contributed by atoms with Gasteiger partial charge < -0.3 is 4.57 Å². The minimum atomic E-state index is -0.514. The molecule has 1 aliphatic carbocycles. The summed E-state index contributed by atoms with van der Waals surface area (Å²) in [5, 5.41) is 2.56. The van der Waals surface area contributed by atoms with Gasteiger partial charge in [0, 0.05) is 27.5 Å². The van der Waals surface area contributed by atoms with Crippen LogP contribution in [0.4, 0.5) is 0 Å². The van der Waals surface area contributed by atoms with E-state index in [1.807, 2.05) is 24.3 Å². The van der Waals surface area contributed by atoms with E-state index in [4.69, 9.17) is 9.97 Å².